The van der Waals surface area contributed by atoms with Gasteiger partial charge in [-0.3, -0.25) is 0 Å². The van der Waals surface area contributed by atoms with Crippen LogP contribution in [0, 0.1) is 0 Å². The summed E-state index contributed by atoms with van der Waals surface area (Å²) in [6.07, 6.45) is -5.09. The molecule has 0 saturated heterocycles. The van der Waals surface area contributed by atoms with Crippen LogP contribution < -0.4 is 5.73 Å². The lowest BCUT2D eigenvalue weighted by molar-refractivity contribution is -0.205. The number of nitrogen functional groups attached to an aromatic ring is 1. The number of aliphatic hydroxyl groups is 1. The van der Waals surface area contributed by atoms with Crippen molar-refractivity contribution in [2.75, 3.05) is 12.3 Å². The molecule has 0 amide bonds. The summed E-state index contributed by atoms with van der Waals surface area (Å²) in [5, 5.41) is 11.3. The molecule has 1 unspecified atom stereocenters. The number of esters is 1. The van der Waals surface area contributed by atoms with Crippen molar-refractivity contribution in [3.8, 4) is 0 Å². The summed E-state index contributed by atoms with van der Waals surface area (Å²) in [5.41, 5.74) is 3.55. The lowest BCUT2D eigenvalue weighted by atomic mass is 10.1. The predicted molar refractivity (Wildman–Crippen MR) is 53.1 cm³/mol. The molecule has 1 aromatic heterocycles. The van der Waals surface area contributed by atoms with E-state index >= 15 is 0 Å². The molecule has 1 rings (SSSR count). The quantitative estimate of drug-likeness (QED) is 0.801. The fourth-order valence-corrected chi connectivity index (χ4v) is 1.59. The number of aromatic nitrogens is 1. The molecule has 0 bridgehead atoms. The molecule has 96 valence electrons. The van der Waals surface area contributed by atoms with Crippen molar-refractivity contribution in [1.29, 1.82) is 0 Å². The number of hydrogen-bond donors (Lipinski definition) is 2. The first-order valence-corrected chi connectivity index (χ1v) is 5.19. The average Bonchev–Trinajstić information content (AvgIpc) is 2.60. The van der Waals surface area contributed by atoms with Gasteiger partial charge in [0.2, 0.25) is 0 Å². The molecule has 0 aliphatic carbocycles. The molecule has 0 spiro atoms. The van der Waals surface area contributed by atoms with Gasteiger partial charge in [-0.2, -0.15) is 13.2 Å². The molecule has 5 nitrogen and oxygen atoms in total. The smallest absolute Gasteiger partial charge is 0.456 e. The Morgan fingerprint density at radius 2 is 2.24 bits per heavy atom. The number of rotatable bonds is 3. The van der Waals surface area contributed by atoms with Gasteiger partial charge in [0, 0.05) is 5.38 Å². The number of nitrogens with two attached hydrogens (primary N) is 1. The summed E-state index contributed by atoms with van der Waals surface area (Å²) in [7, 11) is 0. The van der Waals surface area contributed by atoms with Crippen LogP contribution in [0.5, 0.6) is 0 Å². The second kappa shape index (κ2) is 4.49. The molecule has 9 heteroatoms. The van der Waals surface area contributed by atoms with Gasteiger partial charge in [0.1, 0.15) is 12.2 Å². The van der Waals surface area contributed by atoms with Gasteiger partial charge in [0.15, 0.2) is 5.13 Å². The Morgan fingerprint density at radius 3 is 2.65 bits per heavy atom. The minimum Gasteiger partial charge on any atom is -0.456 e. The van der Waals surface area contributed by atoms with Crippen molar-refractivity contribution < 1.29 is 27.8 Å². The van der Waals surface area contributed by atoms with E-state index in [0.717, 1.165) is 11.3 Å². The van der Waals surface area contributed by atoms with Gasteiger partial charge < -0.3 is 15.6 Å². The van der Waals surface area contributed by atoms with Crippen LogP contribution in [-0.2, 0) is 15.1 Å². The third-order valence-corrected chi connectivity index (χ3v) is 2.46. The normalized spacial score (nSPS) is 15.4. The molecule has 17 heavy (non-hydrogen) atoms. The molecule has 1 aromatic rings. The molecular formula is C8H9F3N2O3S. The third-order valence-electron chi connectivity index (χ3n) is 1.79. The topological polar surface area (TPSA) is 85.4 Å². The Balaban J connectivity index is 2.65. The van der Waals surface area contributed by atoms with Gasteiger partial charge in [0.25, 0.3) is 0 Å². The molecule has 0 aromatic carbocycles. The maximum absolute atomic E-state index is 11.8. The zero-order valence-corrected chi connectivity index (χ0v) is 9.43. The summed E-state index contributed by atoms with van der Waals surface area (Å²) >= 11 is 1.02. The van der Waals surface area contributed by atoms with Crippen LogP contribution in [0.3, 0.4) is 0 Å². The third kappa shape index (κ3) is 3.56. The number of carbonyl (C=O) groups is 1. The Hall–Kier alpha value is -1.35. The van der Waals surface area contributed by atoms with E-state index in [1.807, 2.05) is 0 Å². The number of alkyl halides is 3. The van der Waals surface area contributed by atoms with E-state index in [2.05, 4.69) is 9.72 Å². The monoisotopic (exact) mass is 270 g/mol. The molecule has 0 fully saturated rings. The number of hydrogen-bond acceptors (Lipinski definition) is 6. The standard InChI is InChI=1S/C8H9F3N2O3S/c1-7(15,4-2-17-6(12)13-4)3-16-5(14)8(9,10)11/h2,15H,3H2,1H3,(H2,12,13). The zero-order chi connectivity index (χ0) is 13.3. The number of anilines is 1. The highest BCUT2D eigenvalue weighted by molar-refractivity contribution is 7.13. The van der Waals surface area contributed by atoms with Crippen LogP contribution in [0.25, 0.3) is 0 Å². The van der Waals surface area contributed by atoms with Crippen molar-refractivity contribution >= 4 is 22.4 Å². The van der Waals surface area contributed by atoms with E-state index < -0.39 is 24.4 Å². The van der Waals surface area contributed by atoms with Crippen molar-refractivity contribution in [1.82, 2.24) is 4.98 Å². The number of carbonyl (C=O) groups excluding carboxylic acids is 1. The van der Waals surface area contributed by atoms with E-state index in [1.54, 1.807) is 0 Å². The summed E-state index contributed by atoms with van der Waals surface area (Å²) in [5.74, 6) is -2.36. The first kappa shape index (κ1) is 13.7. The first-order valence-electron chi connectivity index (χ1n) is 4.31. The van der Waals surface area contributed by atoms with Gasteiger partial charge in [-0.1, -0.05) is 0 Å². The van der Waals surface area contributed by atoms with Crippen LogP contribution in [0.2, 0.25) is 0 Å². The van der Waals surface area contributed by atoms with Gasteiger partial charge in [0.05, 0.1) is 5.69 Å². The fraction of sp³-hybridized carbons (Fsp3) is 0.500. The van der Waals surface area contributed by atoms with E-state index in [4.69, 9.17) is 5.73 Å². The highest BCUT2D eigenvalue weighted by Gasteiger charge is 2.42. The molecule has 1 heterocycles. The average molecular weight is 270 g/mol. The fourth-order valence-electron chi connectivity index (χ4n) is 0.897. The van der Waals surface area contributed by atoms with Crippen LogP contribution in [0.15, 0.2) is 5.38 Å². The Kier molecular flexibility index (Phi) is 3.62. The summed E-state index contributed by atoms with van der Waals surface area (Å²) in [4.78, 5) is 14.1. The van der Waals surface area contributed by atoms with E-state index in [9.17, 15) is 23.1 Å². The van der Waals surface area contributed by atoms with Crippen LogP contribution >= 0.6 is 11.3 Å². The highest BCUT2D eigenvalue weighted by atomic mass is 32.1. The van der Waals surface area contributed by atoms with Crippen LogP contribution in [0.4, 0.5) is 18.3 Å². The Bertz CT molecular complexity index is 416. The van der Waals surface area contributed by atoms with Gasteiger partial charge in [-0.25, -0.2) is 9.78 Å². The number of nitrogens with zero attached hydrogens (tertiary/aromatic N) is 1. The van der Waals surface area contributed by atoms with Crippen molar-refractivity contribution in [2.24, 2.45) is 0 Å². The maximum Gasteiger partial charge on any atom is 0.490 e. The Labute approximate surface area is 98.0 Å². The van der Waals surface area contributed by atoms with Crippen LogP contribution in [0.1, 0.15) is 12.6 Å². The number of ether oxygens (including phenoxy) is 1. The first-order chi connectivity index (χ1) is 7.63. The zero-order valence-electron chi connectivity index (χ0n) is 8.61. The molecule has 0 aliphatic rings. The number of halogens is 3. The van der Waals surface area contributed by atoms with Crippen molar-refractivity contribution in [3.63, 3.8) is 0 Å². The van der Waals surface area contributed by atoms with Crippen molar-refractivity contribution in [3.05, 3.63) is 11.1 Å². The minimum atomic E-state index is -5.09. The van der Waals surface area contributed by atoms with Gasteiger partial charge in [-0.05, 0) is 6.92 Å². The van der Waals surface area contributed by atoms with E-state index in [1.165, 1.54) is 12.3 Å². The summed E-state index contributed by atoms with van der Waals surface area (Å²) < 4.78 is 39.5. The summed E-state index contributed by atoms with van der Waals surface area (Å²) in [6.45, 7) is 0.319. The largest absolute Gasteiger partial charge is 0.490 e. The SMILES string of the molecule is CC(O)(COC(=O)C(F)(F)F)c1csc(N)n1. The Morgan fingerprint density at radius 1 is 1.65 bits per heavy atom. The number of thiazole rings is 1. The predicted octanol–water partition coefficient (Wildman–Crippen LogP) is 1.04. The van der Waals surface area contributed by atoms with Crippen molar-refractivity contribution in [2.45, 2.75) is 18.7 Å². The van der Waals surface area contributed by atoms with E-state index in [0.29, 0.717) is 0 Å². The molecule has 1 atom stereocenters. The minimum absolute atomic E-state index is 0.0509. The lowest BCUT2D eigenvalue weighted by Gasteiger charge is -2.20. The highest BCUT2D eigenvalue weighted by Crippen LogP contribution is 2.25. The van der Waals surface area contributed by atoms with Gasteiger partial charge in [-0.15, -0.1) is 11.3 Å². The maximum atomic E-state index is 11.8. The molecule has 0 radical (unpaired) electrons. The molecule has 0 aliphatic heterocycles. The second-order valence-corrected chi connectivity index (χ2v) is 4.31. The molecule has 3 N–H and O–H groups in total. The van der Waals surface area contributed by atoms with Gasteiger partial charge >= 0.3 is 12.1 Å². The second-order valence-electron chi connectivity index (χ2n) is 3.42. The molecule has 0 saturated carbocycles. The molecular weight excluding hydrogens is 261 g/mol. The van der Waals surface area contributed by atoms with Crippen LogP contribution in [-0.4, -0.2) is 28.8 Å². The van der Waals surface area contributed by atoms with E-state index in [-0.39, 0.29) is 10.8 Å². The summed E-state index contributed by atoms with van der Waals surface area (Å²) in [6, 6.07) is 0. The lowest BCUT2D eigenvalue weighted by Crippen LogP contribution is -2.34.